The van der Waals surface area contributed by atoms with Crippen LogP contribution in [-0.2, 0) is 17.8 Å². The van der Waals surface area contributed by atoms with Gasteiger partial charge in [-0.15, -0.1) is 0 Å². The van der Waals surface area contributed by atoms with Gasteiger partial charge in [0.25, 0.3) is 0 Å². The molecule has 2 rings (SSSR count). The van der Waals surface area contributed by atoms with Crippen LogP contribution in [0.3, 0.4) is 0 Å². The molecule has 0 aromatic carbocycles. The van der Waals surface area contributed by atoms with E-state index in [0.717, 1.165) is 56.2 Å². The molecule has 0 unspecified atom stereocenters. The Hall–Kier alpha value is -1.36. The summed E-state index contributed by atoms with van der Waals surface area (Å²) in [5.74, 6) is 1.49. The van der Waals surface area contributed by atoms with Crippen molar-refractivity contribution in [1.82, 2.24) is 19.6 Å². The maximum Gasteiger partial charge on any atom is 0.227 e. The standard InChI is InChI=1S/C19H34N4O/c1-14(2)12-21-7-9-22(10-8-21)19(24)11-18-16(5)20-23(17(18)6)13-15(3)4/h14-15H,7-13H2,1-6H3. The van der Waals surface area contributed by atoms with E-state index in [9.17, 15) is 4.79 Å². The van der Waals surface area contributed by atoms with Crippen LogP contribution < -0.4 is 0 Å². The van der Waals surface area contributed by atoms with E-state index in [-0.39, 0.29) is 5.91 Å². The van der Waals surface area contributed by atoms with Gasteiger partial charge in [0.15, 0.2) is 0 Å². The zero-order valence-corrected chi connectivity index (χ0v) is 16.3. The van der Waals surface area contributed by atoms with Crippen molar-refractivity contribution in [1.29, 1.82) is 0 Å². The zero-order valence-electron chi connectivity index (χ0n) is 16.3. The highest BCUT2D eigenvalue weighted by molar-refractivity contribution is 5.79. The number of amides is 1. The SMILES string of the molecule is Cc1nn(CC(C)C)c(C)c1CC(=O)N1CCN(CC(C)C)CC1. The molecule has 1 aliphatic rings. The average molecular weight is 335 g/mol. The Morgan fingerprint density at radius 3 is 2.12 bits per heavy atom. The van der Waals surface area contributed by atoms with Crippen molar-refractivity contribution in [2.24, 2.45) is 11.8 Å². The summed E-state index contributed by atoms with van der Waals surface area (Å²) in [5.41, 5.74) is 3.26. The predicted molar refractivity (Wildman–Crippen MR) is 98.1 cm³/mol. The minimum absolute atomic E-state index is 0.245. The lowest BCUT2D eigenvalue weighted by atomic mass is 10.1. The van der Waals surface area contributed by atoms with Gasteiger partial charge in [-0.1, -0.05) is 27.7 Å². The lowest BCUT2D eigenvalue weighted by Crippen LogP contribution is -2.49. The predicted octanol–water partition coefficient (Wildman–Crippen LogP) is 2.50. The van der Waals surface area contributed by atoms with Crippen LogP contribution in [0.15, 0.2) is 0 Å². The molecule has 0 spiro atoms. The molecule has 1 aromatic heterocycles. The summed E-state index contributed by atoms with van der Waals surface area (Å²) in [6.45, 7) is 18.7. The second kappa shape index (κ2) is 8.15. The summed E-state index contributed by atoms with van der Waals surface area (Å²) < 4.78 is 2.06. The molecule has 0 aliphatic carbocycles. The maximum atomic E-state index is 12.7. The number of nitrogens with zero attached hydrogens (tertiary/aromatic N) is 4. The Labute approximate surface area is 147 Å². The third-order valence-corrected chi connectivity index (χ3v) is 4.75. The number of aromatic nitrogens is 2. The molecule has 0 N–H and O–H groups in total. The average Bonchev–Trinajstić information content (AvgIpc) is 2.74. The Balaban J connectivity index is 1.95. The van der Waals surface area contributed by atoms with Crippen LogP contribution in [0.2, 0.25) is 0 Å². The molecule has 0 radical (unpaired) electrons. The molecule has 2 heterocycles. The number of hydrogen-bond donors (Lipinski definition) is 0. The van der Waals surface area contributed by atoms with Crippen LogP contribution >= 0.6 is 0 Å². The molecule has 24 heavy (non-hydrogen) atoms. The fourth-order valence-electron chi connectivity index (χ4n) is 3.47. The topological polar surface area (TPSA) is 41.4 Å². The highest BCUT2D eigenvalue weighted by Crippen LogP contribution is 2.17. The van der Waals surface area contributed by atoms with Gasteiger partial charge in [0.1, 0.15) is 0 Å². The molecular formula is C19H34N4O. The van der Waals surface area contributed by atoms with Gasteiger partial charge in [0, 0.05) is 50.5 Å². The second-order valence-corrected chi connectivity index (χ2v) is 7.98. The first-order valence-corrected chi connectivity index (χ1v) is 9.31. The first-order chi connectivity index (χ1) is 11.3. The minimum atomic E-state index is 0.245. The third-order valence-electron chi connectivity index (χ3n) is 4.75. The molecule has 5 heteroatoms. The summed E-state index contributed by atoms with van der Waals surface area (Å²) in [4.78, 5) is 17.2. The van der Waals surface area contributed by atoms with E-state index in [1.54, 1.807) is 0 Å². The van der Waals surface area contributed by atoms with Gasteiger partial charge in [0.05, 0.1) is 12.1 Å². The first kappa shape index (κ1) is 19.0. The molecule has 1 amide bonds. The number of carbonyl (C=O) groups excluding carboxylic acids is 1. The molecule has 0 saturated carbocycles. The highest BCUT2D eigenvalue weighted by Gasteiger charge is 2.23. The number of rotatable bonds is 6. The van der Waals surface area contributed by atoms with Gasteiger partial charge in [-0.3, -0.25) is 14.4 Å². The quantitative estimate of drug-likeness (QED) is 0.803. The van der Waals surface area contributed by atoms with E-state index in [1.165, 1.54) is 0 Å². The van der Waals surface area contributed by atoms with Gasteiger partial charge in [-0.2, -0.15) is 5.10 Å². The van der Waals surface area contributed by atoms with E-state index >= 15 is 0 Å². The van der Waals surface area contributed by atoms with Crippen molar-refractivity contribution in [3.63, 3.8) is 0 Å². The molecule has 136 valence electrons. The van der Waals surface area contributed by atoms with Crippen LogP contribution in [0.25, 0.3) is 0 Å². The molecule has 0 atom stereocenters. The summed E-state index contributed by atoms with van der Waals surface area (Å²) >= 11 is 0. The van der Waals surface area contributed by atoms with Crippen molar-refractivity contribution >= 4 is 5.91 Å². The van der Waals surface area contributed by atoms with Crippen molar-refractivity contribution in [2.75, 3.05) is 32.7 Å². The van der Waals surface area contributed by atoms with E-state index < -0.39 is 0 Å². The Bertz CT molecular complexity index is 554. The number of piperazine rings is 1. The lowest BCUT2D eigenvalue weighted by molar-refractivity contribution is -0.132. The molecule has 1 fully saturated rings. The first-order valence-electron chi connectivity index (χ1n) is 9.31. The molecule has 5 nitrogen and oxygen atoms in total. The minimum Gasteiger partial charge on any atom is -0.340 e. The number of hydrogen-bond acceptors (Lipinski definition) is 3. The smallest absolute Gasteiger partial charge is 0.227 e. The van der Waals surface area contributed by atoms with Crippen molar-refractivity contribution in [3.8, 4) is 0 Å². The monoisotopic (exact) mass is 334 g/mol. The van der Waals surface area contributed by atoms with Crippen molar-refractivity contribution < 1.29 is 4.79 Å². The largest absolute Gasteiger partial charge is 0.340 e. The van der Waals surface area contributed by atoms with Crippen LogP contribution in [0, 0.1) is 25.7 Å². The fraction of sp³-hybridized carbons (Fsp3) is 0.789. The van der Waals surface area contributed by atoms with E-state index in [2.05, 4.69) is 49.3 Å². The number of aryl methyl sites for hydroxylation is 1. The Morgan fingerprint density at radius 2 is 1.58 bits per heavy atom. The van der Waals surface area contributed by atoms with Gasteiger partial charge in [-0.25, -0.2) is 0 Å². The molecular weight excluding hydrogens is 300 g/mol. The van der Waals surface area contributed by atoms with Crippen LogP contribution in [0.4, 0.5) is 0 Å². The summed E-state index contributed by atoms with van der Waals surface area (Å²) in [6, 6.07) is 0. The summed E-state index contributed by atoms with van der Waals surface area (Å²) in [7, 11) is 0. The van der Waals surface area contributed by atoms with E-state index in [4.69, 9.17) is 0 Å². The summed E-state index contributed by atoms with van der Waals surface area (Å²) in [6.07, 6.45) is 0.486. The highest BCUT2D eigenvalue weighted by atomic mass is 16.2. The fourth-order valence-corrected chi connectivity index (χ4v) is 3.47. The third kappa shape index (κ3) is 4.82. The van der Waals surface area contributed by atoms with Gasteiger partial charge < -0.3 is 4.90 Å². The Morgan fingerprint density at radius 1 is 1.00 bits per heavy atom. The van der Waals surface area contributed by atoms with Crippen LogP contribution in [0.5, 0.6) is 0 Å². The van der Waals surface area contributed by atoms with E-state index in [0.29, 0.717) is 18.3 Å². The van der Waals surface area contributed by atoms with Gasteiger partial charge >= 0.3 is 0 Å². The maximum absolute atomic E-state index is 12.7. The van der Waals surface area contributed by atoms with Crippen LogP contribution in [0.1, 0.15) is 44.6 Å². The molecule has 1 aromatic rings. The van der Waals surface area contributed by atoms with Gasteiger partial charge in [-0.05, 0) is 25.7 Å². The Kier molecular flexibility index (Phi) is 6.44. The lowest BCUT2D eigenvalue weighted by Gasteiger charge is -2.35. The summed E-state index contributed by atoms with van der Waals surface area (Å²) in [5, 5.41) is 4.63. The molecule has 1 saturated heterocycles. The van der Waals surface area contributed by atoms with Crippen LogP contribution in [-0.4, -0.2) is 58.2 Å². The zero-order chi connectivity index (χ0) is 17.9. The second-order valence-electron chi connectivity index (χ2n) is 7.98. The van der Waals surface area contributed by atoms with Crippen molar-refractivity contribution in [3.05, 3.63) is 17.0 Å². The normalized spacial score (nSPS) is 16.4. The van der Waals surface area contributed by atoms with Crippen molar-refractivity contribution in [2.45, 2.75) is 54.5 Å². The van der Waals surface area contributed by atoms with E-state index in [1.807, 2.05) is 11.8 Å². The molecule has 1 aliphatic heterocycles. The molecule has 0 bridgehead atoms. The number of carbonyl (C=O) groups is 1. The van der Waals surface area contributed by atoms with Gasteiger partial charge in [0.2, 0.25) is 5.91 Å².